The van der Waals surface area contributed by atoms with E-state index in [0.717, 1.165) is 0 Å². The Morgan fingerprint density at radius 3 is 1.47 bits per heavy atom. The second-order valence-corrected chi connectivity index (χ2v) is 3.74. The van der Waals surface area contributed by atoms with Gasteiger partial charge in [-0.2, -0.15) is 0 Å². The van der Waals surface area contributed by atoms with Gasteiger partial charge in [-0.05, 0) is 39.0 Å². The molecule has 0 N–H and O–H groups in total. The van der Waals surface area contributed by atoms with Crippen molar-refractivity contribution in [3.05, 3.63) is 48.1 Å². The SMILES string of the molecule is C1=CCCC=CCC1.CC1=CC=CC1.[Ir]. The molecule has 0 bridgehead atoms. The summed E-state index contributed by atoms with van der Waals surface area (Å²) in [4.78, 5) is 0. The summed E-state index contributed by atoms with van der Waals surface area (Å²) in [5.74, 6) is 0. The summed E-state index contributed by atoms with van der Waals surface area (Å²) >= 11 is 0. The molecule has 1 radical (unpaired) electrons. The number of rotatable bonds is 0. The molecule has 0 heterocycles. The van der Waals surface area contributed by atoms with Gasteiger partial charge in [0.1, 0.15) is 0 Å². The van der Waals surface area contributed by atoms with E-state index in [0.29, 0.717) is 0 Å². The Morgan fingerprint density at radius 1 is 0.800 bits per heavy atom. The third kappa shape index (κ3) is 8.59. The van der Waals surface area contributed by atoms with E-state index in [2.05, 4.69) is 49.5 Å². The fraction of sp³-hybridized carbons (Fsp3) is 0.429. The van der Waals surface area contributed by atoms with Crippen LogP contribution in [-0.2, 0) is 20.1 Å². The normalized spacial score (nSPS) is 18.1. The topological polar surface area (TPSA) is 0 Å². The molecule has 0 amide bonds. The Bertz CT molecular complexity index is 231. The predicted molar refractivity (Wildman–Crippen MR) is 64.3 cm³/mol. The summed E-state index contributed by atoms with van der Waals surface area (Å²) in [6.07, 6.45) is 21.6. The van der Waals surface area contributed by atoms with E-state index >= 15 is 0 Å². The van der Waals surface area contributed by atoms with Crippen LogP contribution in [-0.4, -0.2) is 0 Å². The van der Waals surface area contributed by atoms with Crippen molar-refractivity contribution >= 4 is 0 Å². The van der Waals surface area contributed by atoms with E-state index in [-0.39, 0.29) is 20.1 Å². The Balaban J connectivity index is 0.000000253. The van der Waals surface area contributed by atoms with Gasteiger partial charge >= 0.3 is 0 Å². The smallest absolute Gasteiger partial charge is 0 e. The van der Waals surface area contributed by atoms with Crippen molar-refractivity contribution in [3.63, 3.8) is 0 Å². The van der Waals surface area contributed by atoms with E-state index < -0.39 is 0 Å². The third-order valence-electron chi connectivity index (χ3n) is 2.29. The molecule has 0 aliphatic heterocycles. The summed E-state index contributed by atoms with van der Waals surface area (Å²) in [5, 5.41) is 0. The Morgan fingerprint density at radius 2 is 1.27 bits per heavy atom. The molecule has 2 aliphatic rings. The summed E-state index contributed by atoms with van der Waals surface area (Å²) in [5.41, 5.74) is 1.47. The van der Waals surface area contributed by atoms with Crippen LogP contribution in [0.5, 0.6) is 0 Å². The van der Waals surface area contributed by atoms with Gasteiger partial charge in [0.05, 0.1) is 0 Å². The first-order chi connectivity index (χ1) is 6.89. The fourth-order valence-electron chi connectivity index (χ4n) is 1.41. The summed E-state index contributed by atoms with van der Waals surface area (Å²) < 4.78 is 0. The molecule has 2 aliphatic carbocycles. The molecule has 1 heteroatoms. The first-order valence-electron chi connectivity index (χ1n) is 5.52. The summed E-state index contributed by atoms with van der Waals surface area (Å²) in [7, 11) is 0. The zero-order valence-corrected chi connectivity index (χ0v) is 11.8. The average Bonchev–Trinajstić information content (AvgIpc) is 2.55. The van der Waals surface area contributed by atoms with Gasteiger partial charge in [-0.3, -0.25) is 0 Å². The minimum atomic E-state index is 0. The van der Waals surface area contributed by atoms with E-state index in [9.17, 15) is 0 Å². The van der Waals surface area contributed by atoms with Crippen LogP contribution >= 0.6 is 0 Å². The average molecular weight is 381 g/mol. The van der Waals surface area contributed by atoms with Crippen LogP contribution < -0.4 is 0 Å². The molecule has 0 spiro atoms. The van der Waals surface area contributed by atoms with Gasteiger partial charge < -0.3 is 0 Å². The molecule has 0 nitrogen and oxygen atoms in total. The van der Waals surface area contributed by atoms with Crippen LogP contribution in [0.2, 0.25) is 0 Å². The summed E-state index contributed by atoms with van der Waals surface area (Å²) in [6, 6.07) is 0. The quantitative estimate of drug-likeness (QED) is 0.540. The number of allylic oxidation sites excluding steroid dienone is 8. The van der Waals surface area contributed by atoms with Gasteiger partial charge in [-0.25, -0.2) is 0 Å². The molecular weight excluding hydrogens is 360 g/mol. The predicted octanol–water partition coefficient (Wildman–Crippen LogP) is 4.56. The molecule has 0 fully saturated rings. The van der Waals surface area contributed by atoms with Gasteiger partial charge in [0.2, 0.25) is 0 Å². The second-order valence-electron chi connectivity index (χ2n) is 3.74. The molecule has 0 aromatic carbocycles. The molecular formula is C14H20Ir. The van der Waals surface area contributed by atoms with Gasteiger partial charge in [0, 0.05) is 20.1 Å². The minimum Gasteiger partial charge on any atom is -0.0882 e. The van der Waals surface area contributed by atoms with Crippen molar-refractivity contribution in [1.29, 1.82) is 0 Å². The maximum atomic E-state index is 2.27. The van der Waals surface area contributed by atoms with Crippen molar-refractivity contribution in [2.45, 2.75) is 39.0 Å². The van der Waals surface area contributed by atoms with Crippen molar-refractivity contribution < 1.29 is 20.1 Å². The molecule has 15 heavy (non-hydrogen) atoms. The first kappa shape index (κ1) is 14.6. The maximum Gasteiger partial charge on any atom is 0 e. The van der Waals surface area contributed by atoms with Crippen molar-refractivity contribution in [1.82, 2.24) is 0 Å². The van der Waals surface area contributed by atoms with Crippen LogP contribution in [0.4, 0.5) is 0 Å². The van der Waals surface area contributed by atoms with E-state index in [1.165, 1.54) is 37.7 Å². The van der Waals surface area contributed by atoms with Crippen molar-refractivity contribution in [2.24, 2.45) is 0 Å². The van der Waals surface area contributed by atoms with Gasteiger partial charge in [0.25, 0.3) is 0 Å². The molecule has 85 valence electrons. The van der Waals surface area contributed by atoms with Crippen LogP contribution in [0.3, 0.4) is 0 Å². The van der Waals surface area contributed by atoms with Crippen molar-refractivity contribution in [3.8, 4) is 0 Å². The minimum absolute atomic E-state index is 0. The van der Waals surface area contributed by atoms with Gasteiger partial charge in [0.15, 0.2) is 0 Å². The van der Waals surface area contributed by atoms with Crippen LogP contribution in [0.25, 0.3) is 0 Å². The van der Waals surface area contributed by atoms with Crippen LogP contribution in [0, 0.1) is 0 Å². The fourth-order valence-corrected chi connectivity index (χ4v) is 1.41. The molecule has 0 aromatic rings. The van der Waals surface area contributed by atoms with Gasteiger partial charge in [-0.1, -0.05) is 48.1 Å². The molecule has 0 aromatic heterocycles. The Kier molecular flexibility index (Phi) is 9.87. The van der Waals surface area contributed by atoms with E-state index in [4.69, 9.17) is 0 Å². The second kappa shape index (κ2) is 10.1. The third-order valence-corrected chi connectivity index (χ3v) is 2.29. The molecule has 0 atom stereocenters. The zero-order chi connectivity index (χ0) is 10.1. The zero-order valence-electron chi connectivity index (χ0n) is 9.41. The summed E-state index contributed by atoms with van der Waals surface area (Å²) in [6.45, 7) is 2.14. The monoisotopic (exact) mass is 381 g/mol. The van der Waals surface area contributed by atoms with Crippen LogP contribution in [0.1, 0.15) is 39.0 Å². The maximum absolute atomic E-state index is 2.27. The largest absolute Gasteiger partial charge is 0.0882 e. The molecule has 0 saturated carbocycles. The van der Waals surface area contributed by atoms with E-state index in [1.54, 1.807) is 0 Å². The van der Waals surface area contributed by atoms with Crippen molar-refractivity contribution in [2.75, 3.05) is 0 Å². The Labute approximate surface area is 107 Å². The van der Waals surface area contributed by atoms with Gasteiger partial charge in [-0.15, -0.1) is 0 Å². The van der Waals surface area contributed by atoms with Crippen LogP contribution in [0.15, 0.2) is 48.1 Å². The number of hydrogen-bond donors (Lipinski definition) is 0. The number of hydrogen-bond acceptors (Lipinski definition) is 0. The standard InChI is InChI=1S/C8H12.C6H8.Ir/c1-2-4-6-8-7-5-3-1;1-6-4-2-3-5-6;/h1-2,7-8H,3-6H2;2-4H,5H2,1H3;. The molecule has 2 rings (SSSR count). The Hall–Kier alpha value is -0.391. The first-order valence-corrected chi connectivity index (χ1v) is 5.52. The van der Waals surface area contributed by atoms with E-state index in [1.807, 2.05) is 0 Å². The molecule has 0 saturated heterocycles. The molecule has 0 unspecified atom stereocenters.